The maximum Gasteiger partial charge on any atom is 0.414 e. The fourth-order valence-corrected chi connectivity index (χ4v) is 4.33. The Kier molecular flexibility index (Phi) is 5.49. The SMILES string of the molecule is CC(C)(C)OC(=O)NC1[C@H]2CN(c3c(F)cc(N4C[C@H](CN=[N+]=[N-])OC4=O)cc3F)C[C@@H]12. The molecule has 1 N–H and O–H groups in total. The molecule has 12 heteroatoms. The minimum atomic E-state index is -0.788. The number of fused-ring (bicyclic) bond motifs is 1. The number of rotatable bonds is 5. The average Bonchev–Trinajstić information content (AvgIpc) is 3.02. The van der Waals surface area contributed by atoms with Crippen molar-refractivity contribution in [1.29, 1.82) is 0 Å². The first-order chi connectivity index (χ1) is 15.1. The van der Waals surface area contributed by atoms with Gasteiger partial charge in [-0.2, -0.15) is 0 Å². The minimum absolute atomic E-state index is 0.0297. The lowest BCUT2D eigenvalue weighted by atomic mass is 10.2. The summed E-state index contributed by atoms with van der Waals surface area (Å²) in [5.41, 5.74) is 7.66. The normalized spacial score (nSPS) is 26.3. The summed E-state index contributed by atoms with van der Waals surface area (Å²) in [6, 6.07) is 2.12. The number of halogens is 2. The molecule has 1 aliphatic carbocycles. The van der Waals surface area contributed by atoms with Crippen LogP contribution in [0.25, 0.3) is 10.4 Å². The van der Waals surface area contributed by atoms with Gasteiger partial charge in [0.25, 0.3) is 0 Å². The summed E-state index contributed by atoms with van der Waals surface area (Å²) in [6.45, 7) is 6.11. The Bertz CT molecular complexity index is 958. The highest BCUT2D eigenvalue weighted by Crippen LogP contribution is 2.48. The van der Waals surface area contributed by atoms with Crippen LogP contribution in [0.2, 0.25) is 0 Å². The van der Waals surface area contributed by atoms with Crippen molar-refractivity contribution >= 4 is 23.6 Å². The highest BCUT2D eigenvalue weighted by atomic mass is 19.1. The van der Waals surface area contributed by atoms with Crippen molar-refractivity contribution < 1.29 is 27.8 Å². The van der Waals surface area contributed by atoms with Gasteiger partial charge in [0.1, 0.15) is 17.4 Å². The van der Waals surface area contributed by atoms with Crippen LogP contribution in [-0.4, -0.2) is 56.1 Å². The molecule has 10 nitrogen and oxygen atoms in total. The van der Waals surface area contributed by atoms with Crippen LogP contribution in [-0.2, 0) is 9.47 Å². The van der Waals surface area contributed by atoms with Crippen LogP contribution in [0, 0.1) is 23.5 Å². The monoisotopic (exact) mass is 450 g/mol. The molecule has 172 valence electrons. The second-order valence-corrected chi connectivity index (χ2v) is 9.19. The van der Waals surface area contributed by atoms with Gasteiger partial charge in [-0.05, 0) is 26.3 Å². The number of hydrogen-bond donors (Lipinski definition) is 1. The quantitative estimate of drug-likeness (QED) is 0.418. The summed E-state index contributed by atoms with van der Waals surface area (Å²) in [5, 5.41) is 6.18. The van der Waals surface area contributed by atoms with Crippen LogP contribution in [0.3, 0.4) is 0 Å². The molecule has 32 heavy (non-hydrogen) atoms. The van der Waals surface area contributed by atoms with E-state index in [0.717, 1.165) is 17.0 Å². The van der Waals surface area contributed by atoms with E-state index in [1.54, 1.807) is 25.7 Å². The molecular weight excluding hydrogens is 426 g/mol. The maximum atomic E-state index is 14.9. The molecule has 0 aromatic heterocycles. The first kappa shape index (κ1) is 21.9. The van der Waals surface area contributed by atoms with Gasteiger partial charge in [0.05, 0.1) is 18.8 Å². The van der Waals surface area contributed by atoms with Crippen LogP contribution in [0.4, 0.5) is 29.7 Å². The Morgan fingerprint density at radius 1 is 1.28 bits per heavy atom. The van der Waals surface area contributed by atoms with Crippen LogP contribution in [0.1, 0.15) is 20.8 Å². The highest BCUT2D eigenvalue weighted by Gasteiger charge is 2.57. The molecule has 3 fully saturated rings. The van der Waals surface area contributed by atoms with Crippen molar-refractivity contribution in [3.05, 3.63) is 34.2 Å². The van der Waals surface area contributed by atoms with Gasteiger partial charge in [-0.3, -0.25) is 4.90 Å². The molecule has 4 atom stereocenters. The summed E-state index contributed by atoms with van der Waals surface area (Å²) in [6.07, 6.45) is -1.93. The number of amides is 2. The van der Waals surface area contributed by atoms with E-state index in [4.69, 9.17) is 15.0 Å². The largest absolute Gasteiger partial charge is 0.444 e. The summed E-state index contributed by atoms with van der Waals surface area (Å²) in [5.74, 6) is -1.39. The van der Waals surface area contributed by atoms with Gasteiger partial charge in [0.2, 0.25) is 0 Å². The zero-order chi connectivity index (χ0) is 23.2. The number of carbonyl (C=O) groups is 2. The molecular formula is C20H24F2N6O4. The highest BCUT2D eigenvalue weighted by molar-refractivity contribution is 5.90. The predicted octanol–water partition coefficient (Wildman–Crippen LogP) is 3.56. The number of piperidine rings is 1. The number of nitrogens with one attached hydrogen (secondary N) is 1. The lowest BCUT2D eigenvalue weighted by Gasteiger charge is -2.25. The maximum absolute atomic E-state index is 14.9. The zero-order valence-corrected chi connectivity index (χ0v) is 17.9. The second kappa shape index (κ2) is 8.01. The number of hydrogen-bond acceptors (Lipinski definition) is 6. The molecule has 2 amide bonds. The second-order valence-electron chi connectivity index (χ2n) is 9.19. The third kappa shape index (κ3) is 4.36. The van der Waals surface area contributed by atoms with Crippen LogP contribution >= 0.6 is 0 Å². The Hall–Kier alpha value is -3.27. The van der Waals surface area contributed by atoms with Gasteiger partial charge >= 0.3 is 12.2 Å². The first-order valence-electron chi connectivity index (χ1n) is 10.3. The summed E-state index contributed by atoms with van der Waals surface area (Å²) in [7, 11) is 0. The smallest absolute Gasteiger partial charge is 0.414 e. The van der Waals surface area contributed by atoms with Crippen molar-refractivity contribution in [2.24, 2.45) is 17.0 Å². The number of alkyl carbamates (subject to hydrolysis) is 1. The van der Waals surface area contributed by atoms with Gasteiger partial charge in [0.15, 0.2) is 11.6 Å². The van der Waals surface area contributed by atoms with Gasteiger partial charge < -0.3 is 19.7 Å². The van der Waals surface area contributed by atoms with Crippen LogP contribution in [0.5, 0.6) is 0 Å². The number of carbonyl (C=O) groups excluding carboxylic acids is 2. The fourth-order valence-electron chi connectivity index (χ4n) is 4.33. The van der Waals surface area contributed by atoms with Crippen LogP contribution < -0.4 is 15.1 Å². The number of ether oxygens (including phenoxy) is 2. The molecule has 2 heterocycles. The Morgan fingerprint density at radius 2 is 1.91 bits per heavy atom. The molecule has 1 aromatic carbocycles. The van der Waals surface area contributed by atoms with Crippen molar-refractivity contribution in [3.8, 4) is 0 Å². The van der Waals surface area contributed by atoms with Crippen molar-refractivity contribution in [3.63, 3.8) is 0 Å². The zero-order valence-electron chi connectivity index (χ0n) is 17.9. The lowest BCUT2D eigenvalue weighted by molar-refractivity contribution is 0.0518. The van der Waals surface area contributed by atoms with Gasteiger partial charge in [-0.15, -0.1) is 0 Å². The number of azide groups is 1. The Morgan fingerprint density at radius 3 is 2.47 bits per heavy atom. The number of nitrogens with zero attached hydrogens (tertiary/aromatic N) is 5. The fraction of sp³-hybridized carbons (Fsp3) is 0.600. The van der Waals surface area contributed by atoms with Crippen molar-refractivity contribution in [1.82, 2.24) is 5.32 Å². The van der Waals surface area contributed by atoms with E-state index in [2.05, 4.69) is 15.3 Å². The standard InChI is InChI=1S/C20H24F2N6O4/c1-20(2,3)32-18(29)25-16-12-8-27(9-13(12)16)17-14(21)4-10(5-15(17)22)28-7-11(6-24-26-23)31-19(28)30/h4-5,11-13,16H,6-9H2,1-3H3,(H,25,29)/t11-,12-,13+,16?/m0/s1. The Labute approximate surface area is 183 Å². The van der Waals surface area contributed by atoms with Crippen molar-refractivity contribution in [2.75, 3.05) is 36.0 Å². The Balaban J connectivity index is 1.39. The molecule has 2 aliphatic heterocycles. The first-order valence-corrected chi connectivity index (χ1v) is 10.3. The molecule has 1 unspecified atom stereocenters. The molecule has 0 spiro atoms. The van der Waals surface area contributed by atoms with Gasteiger partial charge in [0, 0.05) is 48.0 Å². The number of anilines is 2. The topological polar surface area (TPSA) is 120 Å². The molecule has 1 saturated carbocycles. The van der Waals surface area contributed by atoms with E-state index < -0.39 is 35.5 Å². The third-order valence-corrected chi connectivity index (χ3v) is 5.73. The third-order valence-electron chi connectivity index (χ3n) is 5.73. The summed E-state index contributed by atoms with van der Waals surface area (Å²) < 4.78 is 40.0. The lowest BCUT2D eigenvalue weighted by Crippen LogP contribution is -2.38. The molecule has 2 saturated heterocycles. The van der Waals surface area contributed by atoms with Crippen LogP contribution in [0.15, 0.2) is 17.2 Å². The van der Waals surface area contributed by atoms with E-state index in [1.165, 1.54) is 0 Å². The van der Waals surface area contributed by atoms with E-state index >= 15 is 0 Å². The molecule has 0 radical (unpaired) electrons. The minimum Gasteiger partial charge on any atom is -0.444 e. The van der Waals surface area contributed by atoms with E-state index in [1.807, 2.05) is 0 Å². The molecule has 4 rings (SSSR count). The molecule has 1 aromatic rings. The summed E-state index contributed by atoms with van der Waals surface area (Å²) in [4.78, 5) is 29.3. The number of cyclic esters (lactones) is 1. The van der Waals surface area contributed by atoms with Crippen molar-refractivity contribution in [2.45, 2.75) is 38.5 Å². The molecule has 0 bridgehead atoms. The predicted molar refractivity (Wildman–Crippen MR) is 110 cm³/mol. The molecule has 3 aliphatic rings. The van der Waals surface area contributed by atoms with E-state index in [9.17, 15) is 18.4 Å². The number of benzene rings is 1. The van der Waals surface area contributed by atoms with Gasteiger partial charge in [-0.1, -0.05) is 5.11 Å². The van der Waals surface area contributed by atoms with E-state index in [0.29, 0.717) is 13.1 Å². The summed E-state index contributed by atoms with van der Waals surface area (Å²) >= 11 is 0. The average molecular weight is 450 g/mol. The van der Waals surface area contributed by atoms with Gasteiger partial charge in [-0.25, -0.2) is 18.4 Å². The van der Waals surface area contributed by atoms with E-state index in [-0.39, 0.29) is 42.3 Å².